The summed E-state index contributed by atoms with van der Waals surface area (Å²) in [5.41, 5.74) is 2.18. The molecule has 2 aromatic carbocycles. The summed E-state index contributed by atoms with van der Waals surface area (Å²) in [4.78, 5) is 50.7. The number of nitrogens with one attached hydrogen (secondary N) is 1. The zero-order valence-electron chi connectivity index (χ0n) is 22.2. The van der Waals surface area contributed by atoms with Crippen molar-refractivity contribution >= 4 is 34.6 Å². The Morgan fingerprint density at radius 3 is 2.23 bits per heavy atom. The molecule has 0 atom stereocenters. The number of Topliss-reactive ketones (excluding diaryl/α,β-unsaturated/α-hetero) is 2. The second-order valence-electron chi connectivity index (χ2n) is 9.54. The predicted octanol–water partition coefficient (Wildman–Crippen LogP) is 6.37. The Morgan fingerprint density at radius 2 is 1.54 bits per heavy atom. The maximum absolute atomic E-state index is 12.9. The number of fused-ring (bicyclic) bond motifs is 1. The van der Waals surface area contributed by atoms with E-state index >= 15 is 0 Å². The first-order valence-electron chi connectivity index (χ1n) is 13.3. The SMILES string of the molecule is CCCCCCCCc1ccc(OCC(=O)Cc2[nH]c3ccc(OC(=O)O)cc3c2C(=O)CCC(=O)O)cc1. The van der Waals surface area contributed by atoms with E-state index in [4.69, 9.17) is 19.7 Å². The van der Waals surface area contributed by atoms with Crippen molar-refractivity contribution in [1.82, 2.24) is 4.98 Å². The van der Waals surface area contributed by atoms with Crippen molar-refractivity contribution in [2.75, 3.05) is 6.61 Å². The number of carbonyl (C=O) groups excluding carboxylic acids is 2. The molecule has 0 aliphatic rings. The van der Waals surface area contributed by atoms with E-state index in [9.17, 15) is 19.2 Å². The molecule has 39 heavy (non-hydrogen) atoms. The summed E-state index contributed by atoms with van der Waals surface area (Å²) in [5, 5.41) is 18.3. The number of benzene rings is 2. The predicted molar refractivity (Wildman–Crippen MR) is 146 cm³/mol. The first kappa shape index (κ1) is 29.4. The lowest BCUT2D eigenvalue weighted by Crippen LogP contribution is -2.16. The molecule has 208 valence electrons. The first-order valence-corrected chi connectivity index (χ1v) is 13.3. The van der Waals surface area contributed by atoms with Gasteiger partial charge in [0.05, 0.1) is 12.8 Å². The van der Waals surface area contributed by atoms with Gasteiger partial charge in [-0.05, 0) is 48.7 Å². The Morgan fingerprint density at radius 1 is 0.846 bits per heavy atom. The van der Waals surface area contributed by atoms with Crippen LogP contribution in [0, 0.1) is 0 Å². The van der Waals surface area contributed by atoms with Crippen LogP contribution in [0.2, 0.25) is 0 Å². The van der Waals surface area contributed by atoms with E-state index in [0.717, 1.165) is 12.8 Å². The minimum absolute atomic E-state index is 0.00225. The molecule has 9 heteroatoms. The molecule has 1 heterocycles. The van der Waals surface area contributed by atoms with Gasteiger partial charge in [0.25, 0.3) is 0 Å². The lowest BCUT2D eigenvalue weighted by Gasteiger charge is -2.08. The van der Waals surface area contributed by atoms with Crippen molar-refractivity contribution in [3.8, 4) is 11.5 Å². The molecular weight excluding hydrogens is 502 g/mol. The number of aromatic amines is 1. The molecular formula is C30H35NO8. The molecule has 1 aromatic heterocycles. The summed E-state index contributed by atoms with van der Waals surface area (Å²) in [7, 11) is 0. The van der Waals surface area contributed by atoms with Crippen molar-refractivity contribution < 1.29 is 38.9 Å². The lowest BCUT2D eigenvalue weighted by atomic mass is 10.0. The third-order valence-corrected chi connectivity index (χ3v) is 6.41. The highest BCUT2D eigenvalue weighted by Crippen LogP contribution is 2.29. The normalized spacial score (nSPS) is 10.9. The van der Waals surface area contributed by atoms with Crippen LogP contribution in [0.1, 0.15) is 79.9 Å². The molecule has 0 bridgehead atoms. The molecule has 0 aliphatic heterocycles. The average molecular weight is 538 g/mol. The number of unbranched alkanes of at least 4 members (excludes halogenated alkanes) is 5. The standard InChI is InChI=1S/C30H35NO8/c1-2-3-4-5-6-7-8-20-9-11-22(12-10-20)38-19-21(32)17-26-29(27(33)15-16-28(34)35)24-18-23(39-30(36)37)13-14-25(24)31-26/h9-14,18,31H,2-8,15-17,19H2,1H3,(H,34,35)(H,36,37). The summed E-state index contributed by atoms with van der Waals surface area (Å²) in [6, 6.07) is 12.0. The van der Waals surface area contributed by atoms with E-state index in [1.807, 2.05) is 24.3 Å². The van der Waals surface area contributed by atoms with E-state index in [0.29, 0.717) is 22.3 Å². The van der Waals surface area contributed by atoms with Crippen molar-refractivity contribution in [2.24, 2.45) is 0 Å². The number of aliphatic carboxylic acids is 1. The number of hydrogen-bond acceptors (Lipinski definition) is 6. The third kappa shape index (κ3) is 9.28. The van der Waals surface area contributed by atoms with Crippen LogP contribution in [0.3, 0.4) is 0 Å². The largest absolute Gasteiger partial charge is 0.511 e. The lowest BCUT2D eigenvalue weighted by molar-refractivity contribution is -0.137. The highest BCUT2D eigenvalue weighted by molar-refractivity contribution is 6.11. The van der Waals surface area contributed by atoms with E-state index in [1.54, 1.807) is 6.07 Å². The van der Waals surface area contributed by atoms with Crippen LogP contribution in [0.15, 0.2) is 42.5 Å². The number of carbonyl (C=O) groups is 4. The zero-order valence-corrected chi connectivity index (χ0v) is 22.2. The van der Waals surface area contributed by atoms with Crippen molar-refractivity contribution in [3.63, 3.8) is 0 Å². The van der Waals surface area contributed by atoms with Crippen LogP contribution >= 0.6 is 0 Å². The minimum Gasteiger partial charge on any atom is -0.486 e. The van der Waals surface area contributed by atoms with E-state index in [2.05, 4.69) is 11.9 Å². The van der Waals surface area contributed by atoms with E-state index in [1.165, 1.54) is 49.8 Å². The smallest absolute Gasteiger partial charge is 0.486 e. The van der Waals surface area contributed by atoms with Gasteiger partial charge in [0.1, 0.15) is 18.1 Å². The Hall–Kier alpha value is -4.14. The van der Waals surface area contributed by atoms with Gasteiger partial charge < -0.3 is 24.7 Å². The molecule has 0 amide bonds. The molecule has 0 aliphatic carbocycles. The molecule has 0 fully saturated rings. The number of aryl methyl sites for hydroxylation is 1. The van der Waals surface area contributed by atoms with Crippen LogP contribution in [0.5, 0.6) is 11.5 Å². The molecule has 3 rings (SSSR count). The average Bonchev–Trinajstić information content (AvgIpc) is 3.25. The van der Waals surface area contributed by atoms with Crippen LogP contribution < -0.4 is 9.47 Å². The van der Waals surface area contributed by atoms with Gasteiger partial charge in [-0.15, -0.1) is 0 Å². The quantitative estimate of drug-likeness (QED) is 0.0780. The van der Waals surface area contributed by atoms with Crippen LogP contribution in [-0.4, -0.2) is 45.5 Å². The van der Waals surface area contributed by atoms with Gasteiger partial charge in [-0.25, -0.2) is 4.79 Å². The fourth-order valence-corrected chi connectivity index (χ4v) is 4.46. The summed E-state index contributed by atoms with van der Waals surface area (Å²) in [6.45, 7) is 2.00. The molecule has 0 radical (unpaired) electrons. The molecule has 3 aromatic rings. The highest BCUT2D eigenvalue weighted by Gasteiger charge is 2.22. The van der Waals surface area contributed by atoms with Crippen LogP contribution in [0.4, 0.5) is 4.79 Å². The summed E-state index contributed by atoms with van der Waals surface area (Å²) in [6.07, 6.45) is 6.14. The molecule has 0 saturated carbocycles. The van der Waals surface area contributed by atoms with Crippen LogP contribution in [-0.2, 0) is 22.4 Å². The topological polar surface area (TPSA) is 143 Å². The van der Waals surface area contributed by atoms with Gasteiger partial charge in [-0.3, -0.25) is 14.4 Å². The van der Waals surface area contributed by atoms with Gasteiger partial charge in [-0.2, -0.15) is 0 Å². The Kier molecular flexibility index (Phi) is 11.1. The zero-order chi connectivity index (χ0) is 28.2. The van der Waals surface area contributed by atoms with Gasteiger partial charge in [0.15, 0.2) is 11.6 Å². The fraction of sp³-hybridized carbons (Fsp3) is 0.400. The number of hydrogen-bond donors (Lipinski definition) is 3. The number of ketones is 2. The minimum atomic E-state index is -1.51. The first-order chi connectivity index (χ1) is 18.8. The van der Waals surface area contributed by atoms with E-state index in [-0.39, 0.29) is 43.0 Å². The fourth-order valence-electron chi connectivity index (χ4n) is 4.46. The number of H-pyrrole nitrogens is 1. The van der Waals surface area contributed by atoms with Crippen molar-refractivity contribution in [3.05, 3.63) is 59.3 Å². The molecule has 3 N–H and O–H groups in total. The third-order valence-electron chi connectivity index (χ3n) is 6.41. The molecule has 0 unspecified atom stereocenters. The summed E-state index contributed by atoms with van der Waals surface area (Å²) in [5.74, 6) is -1.31. The second kappa shape index (κ2) is 14.7. The Bertz CT molecular complexity index is 1290. The van der Waals surface area contributed by atoms with Crippen molar-refractivity contribution in [2.45, 2.75) is 71.1 Å². The second-order valence-corrected chi connectivity index (χ2v) is 9.54. The van der Waals surface area contributed by atoms with Gasteiger partial charge in [0, 0.05) is 28.6 Å². The Labute approximate surface area is 227 Å². The van der Waals surface area contributed by atoms with Crippen molar-refractivity contribution in [1.29, 1.82) is 0 Å². The number of carboxylic acids is 1. The summed E-state index contributed by atoms with van der Waals surface area (Å²) >= 11 is 0. The molecule has 0 spiro atoms. The monoisotopic (exact) mass is 537 g/mol. The number of aromatic nitrogens is 1. The molecule has 0 saturated heterocycles. The Balaban J connectivity index is 1.63. The summed E-state index contributed by atoms with van der Waals surface area (Å²) < 4.78 is 10.4. The van der Waals surface area contributed by atoms with Gasteiger partial charge in [0.2, 0.25) is 0 Å². The maximum atomic E-state index is 12.9. The number of rotatable bonds is 17. The van der Waals surface area contributed by atoms with Gasteiger partial charge >= 0.3 is 12.1 Å². The highest BCUT2D eigenvalue weighted by atomic mass is 16.7. The number of carboxylic acid groups (broad SMARTS) is 2. The maximum Gasteiger partial charge on any atom is 0.511 e. The molecule has 9 nitrogen and oxygen atoms in total. The van der Waals surface area contributed by atoms with Gasteiger partial charge in [-0.1, -0.05) is 51.2 Å². The van der Waals surface area contributed by atoms with E-state index < -0.39 is 17.9 Å². The van der Waals surface area contributed by atoms with Crippen LogP contribution in [0.25, 0.3) is 10.9 Å². The number of ether oxygens (including phenoxy) is 2.